The Balaban J connectivity index is 3.76. The van der Waals surface area contributed by atoms with Crippen molar-refractivity contribution in [2.45, 2.75) is 39.7 Å². The molecule has 15 heavy (non-hydrogen) atoms. The second kappa shape index (κ2) is 6.08. The molecule has 2 N–H and O–H groups in total. The van der Waals surface area contributed by atoms with Crippen LogP contribution in [0.4, 0.5) is 0 Å². The lowest BCUT2D eigenvalue weighted by molar-refractivity contribution is -0.137. The normalized spacial score (nSPS) is 14.3. The van der Waals surface area contributed by atoms with E-state index >= 15 is 0 Å². The number of hydrogen-bond acceptors (Lipinski definition) is 3. The lowest BCUT2D eigenvalue weighted by Crippen LogP contribution is -2.35. The molecule has 0 aromatic heterocycles. The standard InChI is InChI=1S/C11H23NO3/c1-11(2,3)8-12(4)7-9(13)5-6-10(14)15/h9,13H,5-8H2,1-4H3,(H,14,15). The Kier molecular flexibility index (Phi) is 5.83. The van der Waals surface area contributed by atoms with E-state index in [-0.39, 0.29) is 11.8 Å². The van der Waals surface area contributed by atoms with Crippen molar-refractivity contribution >= 4 is 5.97 Å². The number of aliphatic carboxylic acids is 1. The molecule has 90 valence electrons. The van der Waals surface area contributed by atoms with E-state index in [9.17, 15) is 9.90 Å². The Morgan fingerprint density at radius 3 is 2.33 bits per heavy atom. The fraction of sp³-hybridized carbons (Fsp3) is 0.909. The highest BCUT2D eigenvalue weighted by Gasteiger charge is 2.16. The van der Waals surface area contributed by atoms with Crippen LogP contribution in [-0.2, 0) is 4.79 Å². The highest BCUT2D eigenvalue weighted by molar-refractivity contribution is 5.66. The molecule has 0 rings (SSSR count). The van der Waals surface area contributed by atoms with E-state index < -0.39 is 12.1 Å². The molecule has 0 aliphatic carbocycles. The molecule has 0 aromatic carbocycles. The van der Waals surface area contributed by atoms with Gasteiger partial charge in [0.2, 0.25) is 0 Å². The van der Waals surface area contributed by atoms with Crippen LogP contribution in [-0.4, -0.2) is 47.3 Å². The minimum Gasteiger partial charge on any atom is -0.481 e. The van der Waals surface area contributed by atoms with Crippen LogP contribution < -0.4 is 0 Å². The number of carbonyl (C=O) groups is 1. The van der Waals surface area contributed by atoms with E-state index in [0.29, 0.717) is 13.0 Å². The fourth-order valence-corrected chi connectivity index (χ4v) is 1.62. The number of carboxylic acids is 1. The van der Waals surface area contributed by atoms with Gasteiger partial charge in [-0.1, -0.05) is 20.8 Å². The lowest BCUT2D eigenvalue weighted by Gasteiger charge is -2.28. The first-order valence-electron chi connectivity index (χ1n) is 5.29. The van der Waals surface area contributed by atoms with Crippen LogP contribution in [0.25, 0.3) is 0 Å². The van der Waals surface area contributed by atoms with Gasteiger partial charge in [0, 0.05) is 19.5 Å². The molecule has 0 spiro atoms. The summed E-state index contributed by atoms with van der Waals surface area (Å²) in [4.78, 5) is 12.3. The number of carboxylic acid groups (broad SMARTS) is 1. The monoisotopic (exact) mass is 217 g/mol. The Morgan fingerprint density at radius 2 is 1.93 bits per heavy atom. The molecule has 4 heteroatoms. The third-order valence-electron chi connectivity index (χ3n) is 1.96. The molecule has 0 aromatic rings. The lowest BCUT2D eigenvalue weighted by atomic mass is 9.96. The third kappa shape index (κ3) is 9.69. The topological polar surface area (TPSA) is 60.8 Å². The number of nitrogens with zero attached hydrogens (tertiary/aromatic N) is 1. The van der Waals surface area contributed by atoms with E-state index in [0.717, 1.165) is 6.54 Å². The van der Waals surface area contributed by atoms with Gasteiger partial charge >= 0.3 is 5.97 Å². The van der Waals surface area contributed by atoms with Crippen LogP contribution in [0, 0.1) is 5.41 Å². The number of aliphatic hydroxyl groups excluding tert-OH is 1. The van der Waals surface area contributed by atoms with E-state index in [1.54, 1.807) is 0 Å². The van der Waals surface area contributed by atoms with Gasteiger partial charge in [0.05, 0.1) is 6.10 Å². The van der Waals surface area contributed by atoms with Crippen LogP contribution in [0.2, 0.25) is 0 Å². The highest BCUT2D eigenvalue weighted by Crippen LogP contribution is 2.14. The van der Waals surface area contributed by atoms with Gasteiger partial charge in [-0.3, -0.25) is 4.79 Å². The Labute approximate surface area is 91.9 Å². The summed E-state index contributed by atoms with van der Waals surface area (Å²) in [5.41, 5.74) is 0.196. The van der Waals surface area contributed by atoms with Gasteiger partial charge in [0.1, 0.15) is 0 Å². The van der Waals surface area contributed by atoms with Gasteiger partial charge in [0.15, 0.2) is 0 Å². The third-order valence-corrected chi connectivity index (χ3v) is 1.96. The second-order valence-corrected chi connectivity index (χ2v) is 5.34. The number of hydrogen-bond donors (Lipinski definition) is 2. The van der Waals surface area contributed by atoms with Gasteiger partial charge < -0.3 is 15.1 Å². The van der Waals surface area contributed by atoms with Crippen molar-refractivity contribution in [1.82, 2.24) is 4.90 Å². The van der Waals surface area contributed by atoms with E-state index in [4.69, 9.17) is 5.11 Å². The molecule has 0 aliphatic heterocycles. The maximum atomic E-state index is 10.3. The molecule has 0 fully saturated rings. The minimum atomic E-state index is -0.854. The fourth-order valence-electron chi connectivity index (χ4n) is 1.62. The maximum Gasteiger partial charge on any atom is 0.303 e. The second-order valence-electron chi connectivity index (χ2n) is 5.34. The summed E-state index contributed by atoms with van der Waals surface area (Å²) >= 11 is 0. The average molecular weight is 217 g/mol. The van der Waals surface area contributed by atoms with Crippen LogP contribution in [0.5, 0.6) is 0 Å². The van der Waals surface area contributed by atoms with Crippen molar-refractivity contribution in [2.24, 2.45) is 5.41 Å². The van der Waals surface area contributed by atoms with Crippen molar-refractivity contribution in [3.05, 3.63) is 0 Å². The van der Waals surface area contributed by atoms with Crippen LogP contribution in [0.15, 0.2) is 0 Å². The van der Waals surface area contributed by atoms with Crippen LogP contribution >= 0.6 is 0 Å². The van der Waals surface area contributed by atoms with Crippen molar-refractivity contribution in [2.75, 3.05) is 20.1 Å². The first-order valence-corrected chi connectivity index (χ1v) is 5.29. The molecule has 0 aliphatic rings. The largest absolute Gasteiger partial charge is 0.481 e. The predicted molar refractivity (Wildman–Crippen MR) is 59.8 cm³/mol. The zero-order valence-corrected chi connectivity index (χ0v) is 10.2. The minimum absolute atomic E-state index is 0.0323. The average Bonchev–Trinajstić information content (AvgIpc) is 1.96. The summed E-state index contributed by atoms with van der Waals surface area (Å²) in [5.74, 6) is -0.854. The first kappa shape index (κ1) is 14.4. The number of aliphatic hydroxyl groups is 1. The highest BCUT2D eigenvalue weighted by atomic mass is 16.4. The van der Waals surface area contributed by atoms with Crippen LogP contribution in [0.1, 0.15) is 33.6 Å². The molecule has 0 bridgehead atoms. The summed E-state index contributed by atoms with van der Waals surface area (Å²) in [5, 5.41) is 18.0. The van der Waals surface area contributed by atoms with E-state index in [2.05, 4.69) is 20.8 Å². The van der Waals surface area contributed by atoms with E-state index in [1.807, 2.05) is 11.9 Å². The molecular formula is C11H23NO3. The molecule has 1 unspecified atom stereocenters. The summed E-state index contributed by atoms with van der Waals surface area (Å²) in [6.07, 6.45) is -0.192. The number of likely N-dealkylation sites (N-methyl/N-ethyl adjacent to an activating group) is 1. The first-order chi connectivity index (χ1) is 6.70. The van der Waals surface area contributed by atoms with Gasteiger partial charge in [-0.2, -0.15) is 0 Å². The molecule has 0 heterocycles. The summed E-state index contributed by atoms with van der Waals surface area (Å²) < 4.78 is 0. The Bertz CT molecular complexity index is 198. The smallest absolute Gasteiger partial charge is 0.303 e. The van der Waals surface area contributed by atoms with E-state index in [1.165, 1.54) is 0 Å². The van der Waals surface area contributed by atoms with Gasteiger partial charge in [0.25, 0.3) is 0 Å². The van der Waals surface area contributed by atoms with Gasteiger partial charge in [-0.25, -0.2) is 0 Å². The van der Waals surface area contributed by atoms with Crippen molar-refractivity contribution < 1.29 is 15.0 Å². The maximum absolute atomic E-state index is 10.3. The van der Waals surface area contributed by atoms with Gasteiger partial charge in [-0.05, 0) is 18.9 Å². The zero-order valence-electron chi connectivity index (χ0n) is 10.2. The summed E-state index contributed by atoms with van der Waals surface area (Å²) in [7, 11) is 1.94. The SMILES string of the molecule is CN(CC(O)CCC(=O)O)CC(C)(C)C. The zero-order chi connectivity index (χ0) is 12.1. The van der Waals surface area contributed by atoms with Crippen LogP contribution in [0.3, 0.4) is 0 Å². The summed E-state index contributed by atoms with van der Waals surface area (Å²) in [6.45, 7) is 7.81. The summed E-state index contributed by atoms with van der Waals surface area (Å²) in [6, 6.07) is 0. The van der Waals surface area contributed by atoms with Crippen molar-refractivity contribution in [3.63, 3.8) is 0 Å². The molecule has 0 amide bonds. The predicted octanol–water partition coefficient (Wildman–Crippen LogP) is 1.19. The molecule has 0 saturated carbocycles. The van der Waals surface area contributed by atoms with Crippen molar-refractivity contribution in [3.8, 4) is 0 Å². The number of rotatable bonds is 6. The van der Waals surface area contributed by atoms with Gasteiger partial charge in [-0.15, -0.1) is 0 Å². The Morgan fingerprint density at radius 1 is 1.40 bits per heavy atom. The molecule has 0 saturated heterocycles. The molecule has 0 radical (unpaired) electrons. The molecular weight excluding hydrogens is 194 g/mol. The molecule has 1 atom stereocenters. The Hall–Kier alpha value is -0.610. The molecule has 4 nitrogen and oxygen atoms in total. The van der Waals surface area contributed by atoms with Crippen molar-refractivity contribution in [1.29, 1.82) is 0 Å². The quantitative estimate of drug-likeness (QED) is 0.701.